The molecule has 118 valence electrons. The molecule has 5 heteroatoms. The normalized spacial score (nSPS) is 11.1. The number of hydrogen-bond acceptors (Lipinski definition) is 2. The van der Waals surface area contributed by atoms with Crippen molar-refractivity contribution in [3.63, 3.8) is 0 Å². The summed E-state index contributed by atoms with van der Waals surface area (Å²) >= 11 is 18.6. The van der Waals surface area contributed by atoms with E-state index in [0.29, 0.717) is 15.1 Å². The average molecular weight is 374 g/mol. The molecule has 0 aliphatic heterocycles. The van der Waals surface area contributed by atoms with Gasteiger partial charge in [-0.05, 0) is 42.5 Å². The number of para-hydroxylation sites is 1. The molecule has 0 saturated heterocycles. The maximum atomic E-state index is 6.60. The molecule has 0 fully saturated rings. The Hall–Kier alpha value is -2.00. The van der Waals surface area contributed by atoms with Crippen molar-refractivity contribution < 1.29 is 0 Å². The first kappa shape index (κ1) is 15.5. The molecule has 1 heterocycles. The molecule has 0 aliphatic rings. The number of fused-ring (bicyclic) bond motifs is 2. The Bertz CT molecular complexity index is 1080. The number of aromatic nitrogens is 1. The van der Waals surface area contributed by atoms with Crippen molar-refractivity contribution in [1.29, 1.82) is 0 Å². The van der Waals surface area contributed by atoms with Crippen molar-refractivity contribution in [2.75, 3.05) is 5.32 Å². The quantitative estimate of drug-likeness (QED) is 0.379. The van der Waals surface area contributed by atoms with E-state index in [1.807, 2.05) is 42.5 Å². The SMILES string of the molecule is Clc1ccc(Nc2ccc3nc4ccccc4cc3c2Cl)cc1Cl. The molecule has 0 aliphatic carbocycles. The third kappa shape index (κ3) is 2.78. The number of halogens is 3. The smallest absolute Gasteiger partial charge is 0.0735 e. The molecule has 4 aromatic rings. The van der Waals surface area contributed by atoms with Crippen LogP contribution in [0.25, 0.3) is 21.8 Å². The van der Waals surface area contributed by atoms with Crippen LogP contribution in [-0.4, -0.2) is 4.98 Å². The Morgan fingerprint density at radius 1 is 0.750 bits per heavy atom. The van der Waals surface area contributed by atoms with Gasteiger partial charge in [0, 0.05) is 16.5 Å². The first-order valence-electron chi connectivity index (χ1n) is 7.32. The Balaban J connectivity index is 1.82. The highest BCUT2D eigenvalue weighted by atomic mass is 35.5. The first-order chi connectivity index (χ1) is 11.6. The molecule has 1 aromatic heterocycles. The van der Waals surface area contributed by atoms with Crippen LogP contribution < -0.4 is 5.32 Å². The maximum absolute atomic E-state index is 6.60. The van der Waals surface area contributed by atoms with Crippen molar-refractivity contribution in [2.24, 2.45) is 0 Å². The summed E-state index contributed by atoms with van der Waals surface area (Å²) in [5.41, 5.74) is 3.42. The van der Waals surface area contributed by atoms with Crippen LogP contribution in [0.3, 0.4) is 0 Å². The fourth-order valence-corrected chi connectivity index (χ4v) is 3.20. The molecule has 3 aromatic carbocycles. The molecular weight excluding hydrogens is 363 g/mol. The first-order valence-corrected chi connectivity index (χ1v) is 8.45. The van der Waals surface area contributed by atoms with Crippen molar-refractivity contribution in [2.45, 2.75) is 0 Å². The molecule has 0 spiro atoms. The molecule has 0 atom stereocenters. The number of anilines is 2. The van der Waals surface area contributed by atoms with Gasteiger partial charge in [0.05, 0.1) is 31.8 Å². The van der Waals surface area contributed by atoms with Gasteiger partial charge in [-0.1, -0.05) is 53.0 Å². The van der Waals surface area contributed by atoms with Crippen LogP contribution in [0.5, 0.6) is 0 Å². The van der Waals surface area contributed by atoms with E-state index in [-0.39, 0.29) is 0 Å². The predicted molar refractivity (Wildman–Crippen MR) is 104 cm³/mol. The van der Waals surface area contributed by atoms with Gasteiger partial charge in [-0.2, -0.15) is 0 Å². The average Bonchev–Trinajstić information content (AvgIpc) is 2.59. The van der Waals surface area contributed by atoms with Gasteiger partial charge < -0.3 is 5.32 Å². The van der Waals surface area contributed by atoms with E-state index in [0.717, 1.165) is 33.2 Å². The van der Waals surface area contributed by atoms with Gasteiger partial charge in [-0.3, -0.25) is 0 Å². The second-order valence-corrected chi connectivity index (χ2v) is 6.62. The lowest BCUT2D eigenvalue weighted by Crippen LogP contribution is -1.93. The zero-order valence-corrected chi connectivity index (χ0v) is 14.6. The topological polar surface area (TPSA) is 24.9 Å². The van der Waals surface area contributed by atoms with Crippen LogP contribution in [0.2, 0.25) is 15.1 Å². The number of rotatable bonds is 2. The third-order valence-corrected chi connectivity index (χ3v) is 4.98. The summed E-state index contributed by atoms with van der Waals surface area (Å²) in [4.78, 5) is 4.66. The predicted octanol–water partition coefficient (Wildman–Crippen LogP) is 7.09. The third-order valence-electron chi connectivity index (χ3n) is 3.83. The number of nitrogens with one attached hydrogen (secondary N) is 1. The molecule has 2 nitrogen and oxygen atoms in total. The van der Waals surface area contributed by atoms with Crippen LogP contribution in [0, 0.1) is 0 Å². The highest BCUT2D eigenvalue weighted by Gasteiger charge is 2.09. The largest absolute Gasteiger partial charge is 0.354 e. The Kier molecular flexibility index (Phi) is 3.97. The van der Waals surface area contributed by atoms with E-state index in [1.165, 1.54) is 0 Å². The zero-order valence-electron chi connectivity index (χ0n) is 12.4. The van der Waals surface area contributed by atoms with Gasteiger partial charge in [0.25, 0.3) is 0 Å². The van der Waals surface area contributed by atoms with Crippen molar-refractivity contribution in [1.82, 2.24) is 4.98 Å². The van der Waals surface area contributed by atoms with Gasteiger partial charge >= 0.3 is 0 Å². The van der Waals surface area contributed by atoms with E-state index >= 15 is 0 Å². The van der Waals surface area contributed by atoms with Crippen LogP contribution >= 0.6 is 34.8 Å². The number of pyridine rings is 1. The second kappa shape index (κ2) is 6.14. The van der Waals surface area contributed by atoms with E-state index < -0.39 is 0 Å². The van der Waals surface area contributed by atoms with E-state index in [9.17, 15) is 0 Å². The van der Waals surface area contributed by atoms with Crippen molar-refractivity contribution in [3.8, 4) is 0 Å². The van der Waals surface area contributed by atoms with Crippen LogP contribution in [-0.2, 0) is 0 Å². The molecule has 0 amide bonds. The molecule has 0 bridgehead atoms. The minimum absolute atomic E-state index is 0.492. The number of nitrogens with zero attached hydrogens (tertiary/aromatic N) is 1. The summed E-state index contributed by atoms with van der Waals surface area (Å²) in [7, 11) is 0. The summed E-state index contributed by atoms with van der Waals surface area (Å²) in [6.45, 7) is 0. The zero-order chi connectivity index (χ0) is 16.7. The highest BCUT2D eigenvalue weighted by molar-refractivity contribution is 6.42. The van der Waals surface area contributed by atoms with E-state index in [2.05, 4.69) is 16.4 Å². The molecule has 4 rings (SSSR count). The minimum Gasteiger partial charge on any atom is -0.354 e. The van der Waals surface area contributed by atoms with E-state index in [1.54, 1.807) is 12.1 Å². The van der Waals surface area contributed by atoms with Gasteiger partial charge in [-0.25, -0.2) is 4.98 Å². The molecule has 24 heavy (non-hydrogen) atoms. The maximum Gasteiger partial charge on any atom is 0.0735 e. The van der Waals surface area contributed by atoms with Gasteiger partial charge in [0.15, 0.2) is 0 Å². The summed E-state index contributed by atoms with van der Waals surface area (Å²) < 4.78 is 0. The molecule has 1 N–H and O–H groups in total. The minimum atomic E-state index is 0.492. The summed E-state index contributed by atoms with van der Waals surface area (Å²) in [5, 5.41) is 6.87. The second-order valence-electron chi connectivity index (χ2n) is 5.43. The van der Waals surface area contributed by atoms with Gasteiger partial charge in [0.1, 0.15) is 0 Å². The van der Waals surface area contributed by atoms with Crippen LogP contribution in [0.15, 0.2) is 60.7 Å². The summed E-state index contributed by atoms with van der Waals surface area (Å²) in [6, 6.07) is 19.3. The van der Waals surface area contributed by atoms with Gasteiger partial charge in [0.2, 0.25) is 0 Å². The summed E-state index contributed by atoms with van der Waals surface area (Å²) in [5.74, 6) is 0. The molecule has 0 radical (unpaired) electrons. The molecular formula is C19H11Cl3N2. The molecule has 0 unspecified atom stereocenters. The van der Waals surface area contributed by atoms with Crippen LogP contribution in [0.1, 0.15) is 0 Å². The van der Waals surface area contributed by atoms with E-state index in [4.69, 9.17) is 34.8 Å². The fraction of sp³-hybridized carbons (Fsp3) is 0. The lowest BCUT2D eigenvalue weighted by atomic mass is 10.1. The Morgan fingerprint density at radius 2 is 1.58 bits per heavy atom. The lowest BCUT2D eigenvalue weighted by Gasteiger charge is -2.12. The number of benzene rings is 3. The Morgan fingerprint density at radius 3 is 2.42 bits per heavy atom. The standard InChI is InChI=1S/C19H11Cl3N2/c20-14-6-5-12(10-15(14)21)23-18-8-7-17-13(19(18)22)9-11-3-1-2-4-16(11)24-17/h1-10,23H. The fourth-order valence-electron chi connectivity index (χ4n) is 2.64. The Labute approximate surface area is 154 Å². The van der Waals surface area contributed by atoms with Crippen molar-refractivity contribution in [3.05, 3.63) is 75.7 Å². The monoisotopic (exact) mass is 372 g/mol. The highest BCUT2D eigenvalue weighted by Crippen LogP contribution is 2.35. The number of hydrogen-bond donors (Lipinski definition) is 1. The van der Waals surface area contributed by atoms with Gasteiger partial charge in [-0.15, -0.1) is 0 Å². The molecule has 0 saturated carbocycles. The van der Waals surface area contributed by atoms with Crippen LogP contribution in [0.4, 0.5) is 11.4 Å². The lowest BCUT2D eigenvalue weighted by molar-refractivity contribution is 1.49. The van der Waals surface area contributed by atoms with Crippen molar-refractivity contribution >= 4 is 68.0 Å². The summed E-state index contributed by atoms with van der Waals surface area (Å²) in [6.07, 6.45) is 0.